The molecule has 0 saturated carbocycles. The van der Waals surface area contributed by atoms with E-state index in [-0.39, 0.29) is 0 Å². The Morgan fingerprint density at radius 3 is 2.20 bits per heavy atom. The summed E-state index contributed by atoms with van der Waals surface area (Å²) in [6.45, 7) is 14.0. The van der Waals surface area contributed by atoms with Crippen molar-refractivity contribution in [1.82, 2.24) is 4.98 Å². The van der Waals surface area contributed by atoms with Gasteiger partial charge in [-0.3, -0.25) is 4.79 Å². The Morgan fingerprint density at radius 1 is 1.30 bits per heavy atom. The molecule has 1 N–H and O–H groups in total. The molecule has 1 heterocycles. The largest absolute Gasteiger partial charge is 0.481 e. The molecule has 0 unspecified atom stereocenters. The van der Waals surface area contributed by atoms with Crippen molar-refractivity contribution in [2.24, 2.45) is 11.8 Å². The molecule has 0 spiro atoms. The number of carbonyl (C=O) groups is 1. The van der Waals surface area contributed by atoms with E-state index in [4.69, 9.17) is 0 Å². The topological polar surface area (TPSA) is 53.4 Å². The molecule has 1 rings (SSSR count). The number of rotatable bonds is 7. The van der Waals surface area contributed by atoms with Crippen molar-refractivity contribution in [3.63, 3.8) is 0 Å². The van der Waals surface area contributed by atoms with Crippen molar-refractivity contribution in [2.45, 2.75) is 47.0 Å². The van der Waals surface area contributed by atoms with E-state index < -0.39 is 11.4 Å². The van der Waals surface area contributed by atoms with Crippen LogP contribution in [0.15, 0.2) is 5.38 Å². The van der Waals surface area contributed by atoms with E-state index in [9.17, 15) is 9.90 Å². The molecule has 0 bridgehead atoms. The average Bonchev–Trinajstić information content (AvgIpc) is 2.76. The summed E-state index contributed by atoms with van der Waals surface area (Å²) >= 11 is 1.54. The Bertz CT molecular complexity index is 442. The lowest BCUT2D eigenvalue weighted by atomic mass is 9.90. The van der Waals surface area contributed by atoms with Crippen LogP contribution in [0.1, 0.15) is 47.2 Å². The van der Waals surface area contributed by atoms with Gasteiger partial charge in [-0.25, -0.2) is 4.98 Å². The van der Waals surface area contributed by atoms with Crippen LogP contribution >= 0.6 is 11.3 Å². The van der Waals surface area contributed by atoms with Crippen LogP contribution in [-0.2, 0) is 10.2 Å². The van der Waals surface area contributed by atoms with E-state index in [2.05, 4.69) is 37.6 Å². The monoisotopic (exact) mass is 298 g/mol. The van der Waals surface area contributed by atoms with Crippen LogP contribution in [0.2, 0.25) is 0 Å². The molecule has 0 radical (unpaired) electrons. The molecule has 20 heavy (non-hydrogen) atoms. The highest BCUT2D eigenvalue weighted by Gasteiger charge is 2.32. The number of aromatic nitrogens is 1. The van der Waals surface area contributed by atoms with Gasteiger partial charge in [0.1, 0.15) is 5.41 Å². The van der Waals surface area contributed by atoms with Crippen LogP contribution in [-0.4, -0.2) is 29.1 Å². The summed E-state index contributed by atoms with van der Waals surface area (Å²) in [5, 5.41) is 12.1. The van der Waals surface area contributed by atoms with Gasteiger partial charge in [-0.1, -0.05) is 27.7 Å². The van der Waals surface area contributed by atoms with Crippen LogP contribution in [0.3, 0.4) is 0 Å². The van der Waals surface area contributed by atoms with Crippen molar-refractivity contribution >= 4 is 22.4 Å². The van der Waals surface area contributed by atoms with Crippen molar-refractivity contribution < 1.29 is 9.90 Å². The quantitative estimate of drug-likeness (QED) is 0.835. The summed E-state index contributed by atoms with van der Waals surface area (Å²) in [6.07, 6.45) is 0. The van der Waals surface area contributed by atoms with Gasteiger partial charge in [0, 0.05) is 18.5 Å². The lowest BCUT2D eigenvalue weighted by Crippen LogP contribution is -2.32. The highest BCUT2D eigenvalue weighted by atomic mass is 32.1. The summed E-state index contributed by atoms with van der Waals surface area (Å²) in [6, 6.07) is 0. The number of hydrogen-bond acceptors (Lipinski definition) is 4. The van der Waals surface area contributed by atoms with Gasteiger partial charge in [0.2, 0.25) is 0 Å². The third-order valence-electron chi connectivity index (χ3n) is 3.11. The van der Waals surface area contributed by atoms with Crippen molar-refractivity contribution in [1.29, 1.82) is 0 Å². The molecule has 5 heteroatoms. The van der Waals surface area contributed by atoms with Gasteiger partial charge in [0.25, 0.3) is 0 Å². The number of aliphatic carboxylic acids is 1. The van der Waals surface area contributed by atoms with Gasteiger partial charge >= 0.3 is 5.97 Å². The standard InChI is InChI=1S/C15H26N2O2S/c1-10(2)7-17(8-11(3)4)14-16-12(9-20-14)15(5,6)13(18)19/h9-11H,7-8H2,1-6H3,(H,18,19). The summed E-state index contributed by atoms with van der Waals surface area (Å²) in [5.74, 6) is 0.260. The third kappa shape index (κ3) is 4.20. The molecule has 1 aromatic heterocycles. The van der Waals surface area contributed by atoms with Gasteiger partial charge in [-0.2, -0.15) is 0 Å². The lowest BCUT2D eigenvalue weighted by Gasteiger charge is -2.26. The second-order valence-electron chi connectivity index (χ2n) is 6.64. The predicted octanol–water partition coefficient (Wildman–Crippen LogP) is 3.62. The number of thiazole rings is 1. The summed E-state index contributed by atoms with van der Waals surface area (Å²) < 4.78 is 0. The number of carboxylic acids is 1. The molecule has 0 aliphatic heterocycles. The molecular formula is C15H26N2O2S. The van der Waals surface area contributed by atoms with E-state index in [0.29, 0.717) is 17.5 Å². The number of nitrogens with zero attached hydrogens (tertiary/aromatic N) is 2. The van der Waals surface area contributed by atoms with Crippen LogP contribution < -0.4 is 4.90 Å². The minimum Gasteiger partial charge on any atom is -0.481 e. The Balaban J connectivity index is 2.99. The Morgan fingerprint density at radius 2 is 1.80 bits per heavy atom. The van der Waals surface area contributed by atoms with Crippen LogP contribution in [0.4, 0.5) is 5.13 Å². The maximum absolute atomic E-state index is 11.3. The molecule has 1 aromatic rings. The van der Waals surface area contributed by atoms with Crippen molar-refractivity contribution in [3.05, 3.63) is 11.1 Å². The van der Waals surface area contributed by atoms with Crippen molar-refractivity contribution in [2.75, 3.05) is 18.0 Å². The molecule has 0 aliphatic rings. The molecule has 0 amide bonds. The summed E-state index contributed by atoms with van der Waals surface area (Å²) in [7, 11) is 0. The molecule has 0 fully saturated rings. The number of carboxylic acid groups (broad SMARTS) is 1. The zero-order chi connectivity index (χ0) is 15.5. The zero-order valence-electron chi connectivity index (χ0n) is 13.3. The number of hydrogen-bond donors (Lipinski definition) is 1. The maximum Gasteiger partial charge on any atom is 0.315 e. The van der Waals surface area contributed by atoms with Gasteiger partial charge in [-0.05, 0) is 25.7 Å². The lowest BCUT2D eigenvalue weighted by molar-refractivity contribution is -0.142. The predicted molar refractivity (Wildman–Crippen MR) is 84.7 cm³/mol. The number of anilines is 1. The first-order chi connectivity index (χ1) is 9.14. The van der Waals surface area contributed by atoms with E-state index in [0.717, 1.165) is 18.2 Å². The fourth-order valence-corrected chi connectivity index (χ4v) is 2.93. The Kier molecular flexibility index (Phi) is 5.57. The Hall–Kier alpha value is -1.10. The Labute approximate surface area is 125 Å². The van der Waals surface area contributed by atoms with Gasteiger partial charge < -0.3 is 10.0 Å². The third-order valence-corrected chi connectivity index (χ3v) is 4.01. The van der Waals surface area contributed by atoms with Crippen molar-refractivity contribution in [3.8, 4) is 0 Å². The molecule has 0 aliphatic carbocycles. The normalized spacial score (nSPS) is 12.2. The van der Waals surface area contributed by atoms with E-state index in [1.807, 2.05) is 5.38 Å². The minimum atomic E-state index is -0.934. The van der Waals surface area contributed by atoms with Crippen LogP contribution in [0.5, 0.6) is 0 Å². The molecule has 4 nitrogen and oxygen atoms in total. The van der Waals surface area contributed by atoms with E-state index >= 15 is 0 Å². The SMILES string of the molecule is CC(C)CN(CC(C)C)c1nc(C(C)(C)C(=O)O)cs1. The van der Waals surface area contributed by atoms with Gasteiger partial charge in [-0.15, -0.1) is 11.3 Å². The van der Waals surface area contributed by atoms with E-state index in [1.165, 1.54) is 11.3 Å². The highest BCUT2D eigenvalue weighted by Crippen LogP contribution is 2.30. The van der Waals surface area contributed by atoms with Crippen LogP contribution in [0.25, 0.3) is 0 Å². The maximum atomic E-state index is 11.3. The fraction of sp³-hybridized carbons (Fsp3) is 0.733. The smallest absolute Gasteiger partial charge is 0.315 e. The second kappa shape index (κ2) is 6.57. The molecule has 0 atom stereocenters. The highest BCUT2D eigenvalue weighted by molar-refractivity contribution is 7.13. The zero-order valence-corrected chi connectivity index (χ0v) is 14.1. The molecule has 0 saturated heterocycles. The molecule has 0 aromatic carbocycles. The second-order valence-corrected chi connectivity index (χ2v) is 7.47. The minimum absolute atomic E-state index is 0.550. The summed E-state index contributed by atoms with van der Waals surface area (Å²) in [4.78, 5) is 18.1. The van der Waals surface area contributed by atoms with Crippen LogP contribution in [0, 0.1) is 11.8 Å². The average molecular weight is 298 g/mol. The van der Waals surface area contributed by atoms with E-state index in [1.54, 1.807) is 13.8 Å². The first kappa shape index (κ1) is 17.0. The first-order valence-electron chi connectivity index (χ1n) is 7.09. The molecule has 114 valence electrons. The molecular weight excluding hydrogens is 272 g/mol. The fourth-order valence-electron chi connectivity index (χ4n) is 1.92. The summed E-state index contributed by atoms with van der Waals surface area (Å²) in [5.41, 5.74) is -0.293. The first-order valence-corrected chi connectivity index (χ1v) is 7.97. The van der Waals surface area contributed by atoms with Gasteiger partial charge in [0.15, 0.2) is 5.13 Å². The van der Waals surface area contributed by atoms with Gasteiger partial charge in [0.05, 0.1) is 5.69 Å².